The van der Waals surface area contributed by atoms with Crippen molar-refractivity contribution in [3.63, 3.8) is 0 Å². The van der Waals surface area contributed by atoms with E-state index in [9.17, 15) is 9.59 Å². The average Bonchev–Trinajstić information content (AvgIpc) is 3.44. The van der Waals surface area contributed by atoms with E-state index in [4.69, 9.17) is 14.2 Å². The summed E-state index contributed by atoms with van der Waals surface area (Å²) in [5.41, 5.74) is 1.25. The first kappa shape index (κ1) is 24.0. The molecular weight excluding hydrogens is 472 g/mol. The molecule has 0 unspecified atom stereocenters. The molecule has 0 aliphatic carbocycles. The maximum absolute atomic E-state index is 13.7. The van der Waals surface area contributed by atoms with Gasteiger partial charge in [-0.1, -0.05) is 36.5 Å². The Kier molecular flexibility index (Phi) is 7.33. The van der Waals surface area contributed by atoms with Crippen LogP contribution < -0.4 is 24.4 Å². The van der Waals surface area contributed by atoms with Gasteiger partial charge in [-0.15, -0.1) is 11.3 Å². The van der Waals surface area contributed by atoms with Gasteiger partial charge in [0.15, 0.2) is 16.3 Å². The van der Waals surface area contributed by atoms with Crippen LogP contribution in [-0.2, 0) is 9.53 Å². The van der Waals surface area contributed by atoms with Gasteiger partial charge in [0, 0.05) is 10.4 Å². The molecule has 0 spiro atoms. The maximum atomic E-state index is 13.7. The van der Waals surface area contributed by atoms with Gasteiger partial charge in [0.25, 0.3) is 5.56 Å². The number of thiophene rings is 1. The minimum atomic E-state index is -0.761. The Balaban J connectivity index is 2.01. The fourth-order valence-corrected chi connectivity index (χ4v) is 5.63. The molecule has 34 heavy (non-hydrogen) atoms. The molecule has 3 aromatic rings. The summed E-state index contributed by atoms with van der Waals surface area (Å²) in [5.74, 6) is 0.524. The lowest BCUT2D eigenvalue weighted by Gasteiger charge is -2.27. The van der Waals surface area contributed by atoms with E-state index in [1.165, 1.54) is 11.3 Å². The number of para-hydroxylation sites is 1. The van der Waals surface area contributed by atoms with Gasteiger partial charge in [-0.3, -0.25) is 9.36 Å². The molecule has 1 aliphatic heterocycles. The number of hydrogen-bond donors (Lipinski definition) is 0. The Morgan fingerprint density at radius 1 is 1.24 bits per heavy atom. The summed E-state index contributed by atoms with van der Waals surface area (Å²) in [6, 6.07) is 8.61. The van der Waals surface area contributed by atoms with Crippen molar-refractivity contribution in [2.24, 2.45) is 4.99 Å². The molecule has 0 amide bonds. The van der Waals surface area contributed by atoms with E-state index < -0.39 is 12.0 Å². The van der Waals surface area contributed by atoms with Crippen LogP contribution in [0.5, 0.6) is 11.5 Å². The number of benzene rings is 1. The standard InChI is InChI=1S/C25H26N2O5S2/c1-5-12-32-22-17(10-7-11-18(22)30-4)21-20(24(29)31-6-2)15(3)26-25-27(21)23(28)19(34-25)14-16-9-8-13-33-16/h7-11,13-14,21H,5-6,12H2,1-4H3/b19-14+/t21-/m0/s1. The molecule has 1 atom stereocenters. The van der Waals surface area contributed by atoms with Crippen molar-refractivity contribution in [3.8, 4) is 11.5 Å². The van der Waals surface area contributed by atoms with E-state index in [0.29, 0.717) is 44.3 Å². The first-order chi connectivity index (χ1) is 16.5. The summed E-state index contributed by atoms with van der Waals surface area (Å²) in [6.45, 7) is 6.20. The molecule has 1 aromatic carbocycles. The molecule has 178 valence electrons. The zero-order valence-electron chi connectivity index (χ0n) is 19.5. The molecule has 7 nitrogen and oxygen atoms in total. The van der Waals surface area contributed by atoms with Crippen molar-refractivity contribution < 1.29 is 19.0 Å². The minimum Gasteiger partial charge on any atom is -0.493 e. The largest absolute Gasteiger partial charge is 0.493 e. The molecule has 0 N–H and O–H groups in total. The average molecular weight is 499 g/mol. The molecule has 1 aliphatic rings. The molecule has 0 fully saturated rings. The van der Waals surface area contributed by atoms with E-state index in [1.807, 2.05) is 42.6 Å². The zero-order chi connectivity index (χ0) is 24.2. The molecule has 2 aromatic heterocycles. The fourth-order valence-electron chi connectivity index (χ4n) is 3.86. The van der Waals surface area contributed by atoms with E-state index in [2.05, 4.69) is 4.99 Å². The molecule has 4 rings (SSSR count). The van der Waals surface area contributed by atoms with Gasteiger partial charge in [-0.2, -0.15) is 0 Å². The first-order valence-electron chi connectivity index (χ1n) is 11.0. The van der Waals surface area contributed by atoms with Crippen molar-refractivity contribution in [1.82, 2.24) is 4.57 Å². The number of nitrogens with zero attached hydrogens (tertiary/aromatic N) is 2. The van der Waals surface area contributed by atoms with E-state index >= 15 is 0 Å². The van der Waals surface area contributed by atoms with Crippen LogP contribution in [0.3, 0.4) is 0 Å². The predicted octanol–water partition coefficient (Wildman–Crippen LogP) is 3.66. The summed E-state index contributed by atoms with van der Waals surface area (Å²) < 4.78 is 19.1. The second-order valence-corrected chi connectivity index (χ2v) is 9.53. The van der Waals surface area contributed by atoms with Crippen LogP contribution in [0.25, 0.3) is 6.08 Å². The normalized spacial score (nSPS) is 15.6. The second kappa shape index (κ2) is 10.4. The van der Waals surface area contributed by atoms with Crippen molar-refractivity contribution >= 4 is 34.7 Å². The fraction of sp³-hybridized carbons (Fsp3) is 0.320. The number of hydrogen-bond acceptors (Lipinski definition) is 8. The van der Waals surface area contributed by atoms with E-state index in [1.54, 1.807) is 42.9 Å². The van der Waals surface area contributed by atoms with Crippen molar-refractivity contribution in [2.45, 2.75) is 33.2 Å². The molecule has 0 saturated carbocycles. The number of esters is 1. The number of rotatable bonds is 8. The molecule has 0 radical (unpaired) electrons. The molecular formula is C25H26N2O5S2. The highest BCUT2D eigenvalue weighted by atomic mass is 32.1. The predicted molar refractivity (Wildman–Crippen MR) is 133 cm³/mol. The van der Waals surface area contributed by atoms with Crippen LogP contribution in [0.15, 0.2) is 56.8 Å². The Bertz CT molecular complexity index is 1400. The lowest BCUT2D eigenvalue weighted by atomic mass is 9.94. The maximum Gasteiger partial charge on any atom is 0.338 e. The number of fused-ring (bicyclic) bond motifs is 1. The van der Waals surface area contributed by atoms with Gasteiger partial charge in [0.2, 0.25) is 0 Å². The van der Waals surface area contributed by atoms with Crippen LogP contribution in [0.1, 0.15) is 43.7 Å². The smallest absolute Gasteiger partial charge is 0.338 e. The van der Waals surface area contributed by atoms with Crippen molar-refractivity contribution in [2.75, 3.05) is 20.3 Å². The Hall–Kier alpha value is -3.17. The molecule has 0 saturated heterocycles. The molecule has 3 heterocycles. The Labute approximate surface area is 205 Å². The number of carbonyl (C=O) groups excluding carboxylic acids is 1. The summed E-state index contributed by atoms with van der Waals surface area (Å²) in [5, 5.41) is 1.96. The van der Waals surface area contributed by atoms with E-state index in [-0.39, 0.29) is 12.2 Å². The van der Waals surface area contributed by atoms with Crippen molar-refractivity contribution in [1.29, 1.82) is 0 Å². The van der Waals surface area contributed by atoms with Crippen LogP contribution in [0, 0.1) is 0 Å². The Morgan fingerprint density at radius 2 is 2.06 bits per heavy atom. The van der Waals surface area contributed by atoms with E-state index in [0.717, 1.165) is 11.3 Å². The van der Waals surface area contributed by atoms with Crippen LogP contribution in [-0.4, -0.2) is 30.9 Å². The number of thiazole rings is 1. The van der Waals surface area contributed by atoms with Crippen molar-refractivity contribution in [3.05, 3.63) is 77.1 Å². The second-order valence-electron chi connectivity index (χ2n) is 7.54. The minimum absolute atomic E-state index is 0.211. The molecule has 0 bridgehead atoms. The van der Waals surface area contributed by atoms with Gasteiger partial charge in [0.05, 0.1) is 36.1 Å². The topological polar surface area (TPSA) is 79.1 Å². The van der Waals surface area contributed by atoms with Gasteiger partial charge < -0.3 is 14.2 Å². The van der Waals surface area contributed by atoms with Gasteiger partial charge >= 0.3 is 5.97 Å². The van der Waals surface area contributed by atoms with Crippen LogP contribution in [0.4, 0.5) is 0 Å². The highest BCUT2D eigenvalue weighted by Crippen LogP contribution is 2.40. The lowest BCUT2D eigenvalue weighted by Crippen LogP contribution is -2.40. The zero-order valence-corrected chi connectivity index (χ0v) is 21.1. The number of methoxy groups -OCH3 is 1. The number of allylic oxidation sites excluding steroid dienone is 1. The number of carbonyl (C=O) groups is 1. The monoisotopic (exact) mass is 498 g/mol. The third kappa shape index (κ3) is 4.45. The SMILES string of the molecule is CCCOc1c(OC)cccc1[C@H]1C(C(=O)OCC)=C(C)N=c2s/c(=C/c3cccs3)c(=O)n21. The number of aromatic nitrogens is 1. The van der Waals surface area contributed by atoms with Crippen LogP contribution >= 0.6 is 22.7 Å². The highest BCUT2D eigenvalue weighted by molar-refractivity contribution is 7.11. The van der Waals surface area contributed by atoms with Crippen LogP contribution in [0.2, 0.25) is 0 Å². The number of ether oxygens (including phenoxy) is 3. The third-order valence-electron chi connectivity index (χ3n) is 5.31. The van der Waals surface area contributed by atoms with Gasteiger partial charge in [0.1, 0.15) is 6.04 Å². The molecule has 9 heteroatoms. The summed E-state index contributed by atoms with van der Waals surface area (Å²) in [7, 11) is 1.57. The summed E-state index contributed by atoms with van der Waals surface area (Å²) in [6.07, 6.45) is 2.65. The van der Waals surface area contributed by atoms with Gasteiger partial charge in [-0.25, -0.2) is 9.79 Å². The summed E-state index contributed by atoms with van der Waals surface area (Å²) in [4.78, 5) is 32.9. The highest BCUT2D eigenvalue weighted by Gasteiger charge is 2.36. The third-order valence-corrected chi connectivity index (χ3v) is 7.11. The quantitative estimate of drug-likeness (QED) is 0.443. The first-order valence-corrected chi connectivity index (χ1v) is 12.7. The Morgan fingerprint density at radius 3 is 2.74 bits per heavy atom. The summed E-state index contributed by atoms with van der Waals surface area (Å²) >= 11 is 2.85. The van der Waals surface area contributed by atoms with Gasteiger partial charge in [-0.05, 0) is 43.9 Å². The lowest BCUT2D eigenvalue weighted by molar-refractivity contribution is -0.139.